The topological polar surface area (TPSA) is 73.1 Å². The number of ether oxygens (including phenoxy) is 1. The molecule has 1 saturated heterocycles. The SMILES string of the molecule is Cc1nc2cc(N3CCOC(c4ccnc(Cl)c4)C3)nc(-c3ccc(Cl)cc3F)c2c(=O)n1C. The molecule has 5 rings (SSSR count). The molecule has 0 amide bonds. The van der Waals surface area contributed by atoms with Gasteiger partial charge in [0, 0.05) is 43.0 Å². The molecule has 0 bridgehead atoms. The normalized spacial score (nSPS) is 16.3. The fourth-order valence-electron chi connectivity index (χ4n) is 4.10. The predicted molar refractivity (Wildman–Crippen MR) is 130 cm³/mol. The molecular weight excluding hydrogens is 480 g/mol. The molecule has 174 valence electrons. The van der Waals surface area contributed by atoms with Gasteiger partial charge >= 0.3 is 0 Å². The Kier molecular flexibility index (Phi) is 5.97. The third-order valence-corrected chi connectivity index (χ3v) is 6.41. The van der Waals surface area contributed by atoms with Crippen LogP contribution in [0, 0.1) is 12.7 Å². The number of nitrogens with zero attached hydrogens (tertiary/aromatic N) is 5. The number of benzene rings is 1. The van der Waals surface area contributed by atoms with Gasteiger partial charge in [-0.05, 0) is 42.8 Å². The third-order valence-electron chi connectivity index (χ3n) is 5.97. The number of halogens is 3. The lowest BCUT2D eigenvalue weighted by Crippen LogP contribution is -2.39. The number of anilines is 1. The molecule has 1 unspecified atom stereocenters. The minimum absolute atomic E-state index is 0.185. The number of rotatable bonds is 3. The fraction of sp³-hybridized carbons (Fsp3) is 0.250. The van der Waals surface area contributed by atoms with E-state index in [0.717, 1.165) is 5.56 Å². The van der Waals surface area contributed by atoms with Gasteiger partial charge in [0.25, 0.3) is 5.56 Å². The van der Waals surface area contributed by atoms with E-state index in [1.54, 1.807) is 38.4 Å². The van der Waals surface area contributed by atoms with Crippen molar-refractivity contribution in [1.82, 2.24) is 19.5 Å². The van der Waals surface area contributed by atoms with E-state index in [4.69, 9.17) is 32.9 Å². The van der Waals surface area contributed by atoms with Gasteiger partial charge < -0.3 is 9.64 Å². The van der Waals surface area contributed by atoms with E-state index in [1.165, 1.54) is 16.7 Å². The highest BCUT2D eigenvalue weighted by Gasteiger charge is 2.26. The highest BCUT2D eigenvalue weighted by molar-refractivity contribution is 6.30. The number of pyridine rings is 2. The lowest BCUT2D eigenvalue weighted by atomic mass is 10.1. The van der Waals surface area contributed by atoms with Crippen LogP contribution < -0.4 is 10.5 Å². The van der Waals surface area contributed by atoms with Gasteiger partial charge in [-0.3, -0.25) is 9.36 Å². The third kappa shape index (κ3) is 4.13. The first-order valence-electron chi connectivity index (χ1n) is 10.6. The maximum atomic E-state index is 15.0. The average Bonchev–Trinajstić information content (AvgIpc) is 2.82. The lowest BCUT2D eigenvalue weighted by Gasteiger charge is -2.34. The molecule has 1 aromatic carbocycles. The number of hydrogen-bond donors (Lipinski definition) is 0. The van der Waals surface area contributed by atoms with Crippen LogP contribution in [0.2, 0.25) is 10.2 Å². The summed E-state index contributed by atoms with van der Waals surface area (Å²) >= 11 is 12.0. The molecule has 3 aromatic heterocycles. The molecule has 1 atom stereocenters. The molecule has 34 heavy (non-hydrogen) atoms. The minimum Gasteiger partial charge on any atom is -0.370 e. The van der Waals surface area contributed by atoms with E-state index < -0.39 is 5.82 Å². The van der Waals surface area contributed by atoms with Crippen molar-refractivity contribution in [3.63, 3.8) is 0 Å². The monoisotopic (exact) mass is 499 g/mol. The first-order valence-corrected chi connectivity index (χ1v) is 11.4. The van der Waals surface area contributed by atoms with Crippen molar-refractivity contribution in [3.05, 3.63) is 80.3 Å². The van der Waals surface area contributed by atoms with E-state index in [9.17, 15) is 9.18 Å². The second kappa shape index (κ2) is 8.94. The molecule has 0 saturated carbocycles. The van der Waals surface area contributed by atoms with Crippen LogP contribution in [0.5, 0.6) is 0 Å². The van der Waals surface area contributed by atoms with Crippen LogP contribution in [0.4, 0.5) is 10.2 Å². The van der Waals surface area contributed by atoms with Crippen LogP contribution in [-0.4, -0.2) is 39.2 Å². The molecule has 1 aliphatic heterocycles. The van der Waals surface area contributed by atoms with E-state index in [1.807, 2.05) is 11.0 Å². The summed E-state index contributed by atoms with van der Waals surface area (Å²) in [6.07, 6.45) is 1.39. The molecule has 0 aliphatic carbocycles. The predicted octanol–water partition coefficient (Wildman–Crippen LogP) is 4.72. The minimum atomic E-state index is -0.563. The van der Waals surface area contributed by atoms with Crippen molar-refractivity contribution in [2.24, 2.45) is 7.05 Å². The smallest absolute Gasteiger partial charge is 0.263 e. The first-order chi connectivity index (χ1) is 16.3. The Morgan fingerprint density at radius 2 is 1.97 bits per heavy atom. The fourth-order valence-corrected chi connectivity index (χ4v) is 4.44. The van der Waals surface area contributed by atoms with Crippen LogP contribution in [0.25, 0.3) is 22.2 Å². The molecule has 4 aromatic rings. The standard InChI is InChI=1S/C24H20Cl2FN5O2/c1-13-29-18-11-21(32-7-8-34-19(12-32)14-5-6-28-20(26)9-14)30-23(22(18)24(33)31(13)2)16-4-3-15(25)10-17(16)27/h3-6,9-11,19H,7-8,12H2,1-2H3. The van der Waals surface area contributed by atoms with E-state index in [-0.39, 0.29) is 33.3 Å². The summed E-state index contributed by atoms with van der Waals surface area (Å²) in [5.74, 6) is 0.557. The van der Waals surface area contributed by atoms with Crippen molar-refractivity contribution in [2.75, 3.05) is 24.6 Å². The zero-order valence-electron chi connectivity index (χ0n) is 18.4. The Morgan fingerprint density at radius 3 is 2.74 bits per heavy atom. The Labute approximate surface area is 204 Å². The molecule has 1 fully saturated rings. The summed E-state index contributed by atoms with van der Waals surface area (Å²) in [6, 6.07) is 9.71. The maximum absolute atomic E-state index is 15.0. The van der Waals surface area contributed by atoms with Gasteiger partial charge in [-0.15, -0.1) is 0 Å². The molecule has 7 nitrogen and oxygen atoms in total. The van der Waals surface area contributed by atoms with Gasteiger partial charge in [0.2, 0.25) is 0 Å². The summed E-state index contributed by atoms with van der Waals surface area (Å²) in [5.41, 5.74) is 1.47. The quantitative estimate of drug-likeness (QED) is 0.379. The molecule has 0 spiro atoms. The second-order valence-electron chi connectivity index (χ2n) is 8.09. The lowest BCUT2D eigenvalue weighted by molar-refractivity contribution is 0.0395. The summed E-state index contributed by atoms with van der Waals surface area (Å²) < 4.78 is 22.4. The zero-order valence-corrected chi connectivity index (χ0v) is 19.9. The Hall–Kier alpha value is -3.07. The molecule has 0 radical (unpaired) electrons. The van der Waals surface area contributed by atoms with Gasteiger partial charge in [-0.25, -0.2) is 19.3 Å². The van der Waals surface area contributed by atoms with Crippen molar-refractivity contribution in [3.8, 4) is 11.3 Å². The maximum Gasteiger partial charge on any atom is 0.263 e. The number of aromatic nitrogens is 4. The van der Waals surface area contributed by atoms with Gasteiger partial charge in [-0.2, -0.15) is 0 Å². The van der Waals surface area contributed by atoms with E-state index >= 15 is 0 Å². The van der Waals surface area contributed by atoms with Crippen LogP contribution in [0.3, 0.4) is 0 Å². The van der Waals surface area contributed by atoms with Crippen molar-refractivity contribution in [1.29, 1.82) is 0 Å². The van der Waals surface area contributed by atoms with Gasteiger partial charge in [0.05, 0.1) is 23.2 Å². The molecule has 4 heterocycles. The van der Waals surface area contributed by atoms with Gasteiger partial charge in [0.15, 0.2) is 0 Å². The molecule has 0 N–H and O–H groups in total. The summed E-state index contributed by atoms with van der Waals surface area (Å²) in [4.78, 5) is 28.6. The van der Waals surface area contributed by atoms with Crippen LogP contribution >= 0.6 is 23.2 Å². The van der Waals surface area contributed by atoms with E-state index in [0.29, 0.717) is 42.0 Å². The molecule has 10 heteroatoms. The Morgan fingerprint density at radius 1 is 1.15 bits per heavy atom. The zero-order chi connectivity index (χ0) is 24.0. The average molecular weight is 500 g/mol. The number of aryl methyl sites for hydroxylation is 1. The van der Waals surface area contributed by atoms with E-state index in [2.05, 4.69) is 9.97 Å². The molecular formula is C24H20Cl2FN5O2. The number of fused-ring (bicyclic) bond motifs is 1. The second-order valence-corrected chi connectivity index (χ2v) is 8.91. The summed E-state index contributed by atoms with van der Waals surface area (Å²) in [6.45, 7) is 3.27. The van der Waals surface area contributed by atoms with Crippen LogP contribution in [-0.2, 0) is 11.8 Å². The van der Waals surface area contributed by atoms with Crippen molar-refractivity contribution >= 4 is 39.9 Å². The van der Waals surface area contributed by atoms with Crippen LogP contribution in [0.1, 0.15) is 17.5 Å². The van der Waals surface area contributed by atoms with Crippen LogP contribution in [0.15, 0.2) is 47.4 Å². The van der Waals surface area contributed by atoms with Gasteiger partial charge in [0.1, 0.15) is 28.7 Å². The van der Waals surface area contributed by atoms with Crippen molar-refractivity contribution < 1.29 is 9.13 Å². The van der Waals surface area contributed by atoms with Gasteiger partial charge in [-0.1, -0.05) is 23.2 Å². The Balaban J connectivity index is 1.66. The van der Waals surface area contributed by atoms with Crippen molar-refractivity contribution in [2.45, 2.75) is 13.0 Å². The largest absolute Gasteiger partial charge is 0.370 e. The molecule has 1 aliphatic rings. The highest BCUT2D eigenvalue weighted by Crippen LogP contribution is 2.33. The Bertz CT molecular complexity index is 1480. The first kappa shape index (κ1) is 22.7. The summed E-state index contributed by atoms with van der Waals surface area (Å²) in [7, 11) is 1.63. The number of hydrogen-bond acceptors (Lipinski definition) is 6. The number of morpholine rings is 1. The summed E-state index contributed by atoms with van der Waals surface area (Å²) in [5, 5.41) is 0.900. The highest BCUT2D eigenvalue weighted by atomic mass is 35.5.